The van der Waals surface area contributed by atoms with E-state index in [9.17, 15) is 9.26 Å². The van der Waals surface area contributed by atoms with E-state index in [0.29, 0.717) is 0 Å². The summed E-state index contributed by atoms with van der Waals surface area (Å²) in [4.78, 5) is 9.45. The largest absolute Gasteiger partial charge is 1.00 e. The molecule has 0 aromatic rings. The Morgan fingerprint density at radius 3 is 2.29 bits per heavy atom. The normalized spacial score (nSPS) is 6.43. The number of hydrogen-bond acceptors (Lipinski definition) is 3. The summed E-state index contributed by atoms with van der Waals surface area (Å²) in [6.45, 7) is 1.88. The van der Waals surface area contributed by atoms with Crippen LogP contribution in [-0.2, 0) is 8.89 Å². The average molecular weight is 112 g/mol. The molecule has 3 nitrogen and oxygen atoms in total. The van der Waals surface area contributed by atoms with Crippen molar-refractivity contribution in [2.24, 2.45) is 0 Å². The van der Waals surface area contributed by atoms with Gasteiger partial charge in [0.1, 0.15) is 0 Å². The molecule has 0 bridgehead atoms. The van der Waals surface area contributed by atoms with Crippen LogP contribution in [0.1, 0.15) is 6.92 Å². The zero-order valence-corrected chi connectivity index (χ0v) is 5.43. The Kier molecular flexibility index (Phi) is 9.10. The SMILES string of the molecule is CCO[Si](=O)[O-].[Li+]. The van der Waals surface area contributed by atoms with Gasteiger partial charge < -0.3 is 13.7 Å². The van der Waals surface area contributed by atoms with Crippen molar-refractivity contribution in [1.82, 2.24) is 0 Å². The first kappa shape index (κ1) is 10.2. The molecule has 0 fully saturated rings. The molecular weight excluding hydrogens is 107 g/mol. The van der Waals surface area contributed by atoms with E-state index >= 15 is 0 Å². The summed E-state index contributed by atoms with van der Waals surface area (Å²) in [7, 11) is -2.89. The maximum absolute atomic E-state index is 9.45. The van der Waals surface area contributed by atoms with E-state index in [-0.39, 0.29) is 25.5 Å². The minimum Gasteiger partial charge on any atom is -0.588 e. The van der Waals surface area contributed by atoms with Gasteiger partial charge in [0.2, 0.25) is 0 Å². The summed E-state index contributed by atoms with van der Waals surface area (Å²) in [5, 5.41) is 0. The van der Waals surface area contributed by atoms with Gasteiger partial charge in [0, 0.05) is 6.61 Å². The van der Waals surface area contributed by atoms with E-state index in [0.717, 1.165) is 0 Å². The molecule has 0 rings (SSSR count). The van der Waals surface area contributed by atoms with E-state index in [1.165, 1.54) is 0 Å². The zero-order chi connectivity index (χ0) is 4.99. The molecule has 0 unspecified atom stereocenters. The van der Waals surface area contributed by atoms with Crippen molar-refractivity contribution >= 4 is 9.17 Å². The maximum Gasteiger partial charge on any atom is 1.00 e. The van der Waals surface area contributed by atoms with Crippen LogP contribution < -0.4 is 23.7 Å². The predicted octanol–water partition coefficient (Wildman–Crippen LogP) is -4.20. The van der Waals surface area contributed by atoms with Crippen molar-refractivity contribution in [3.8, 4) is 0 Å². The van der Waals surface area contributed by atoms with E-state index in [4.69, 9.17) is 0 Å². The molecule has 0 radical (unpaired) electrons. The Balaban J connectivity index is 0. The number of hydrogen-bond donors (Lipinski definition) is 0. The third-order valence-corrected chi connectivity index (χ3v) is 0.787. The second-order valence-corrected chi connectivity index (χ2v) is 1.47. The average Bonchev–Trinajstić information content (AvgIpc) is 1.35. The molecule has 0 aliphatic rings. The third-order valence-electron chi connectivity index (χ3n) is 0.262. The molecule has 7 heavy (non-hydrogen) atoms. The minimum atomic E-state index is -2.89. The zero-order valence-electron chi connectivity index (χ0n) is 4.43. The summed E-state index contributed by atoms with van der Waals surface area (Å²) in [5.74, 6) is 0. The second kappa shape index (κ2) is 6.21. The topological polar surface area (TPSA) is 49.4 Å². The maximum atomic E-state index is 9.45. The van der Waals surface area contributed by atoms with Crippen LogP contribution in [0.2, 0.25) is 0 Å². The Morgan fingerprint density at radius 2 is 2.29 bits per heavy atom. The van der Waals surface area contributed by atoms with E-state index in [1.54, 1.807) is 6.92 Å². The molecule has 0 atom stereocenters. The molecule has 0 saturated heterocycles. The fourth-order valence-corrected chi connectivity index (χ4v) is 0.354. The van der Waals surface area contributed by atoms with Gasteiger partial charge in [-0.1, -0.05) is 0 Å². The van der Waals surface area contributed by atoms with Gasteiger partial charge in [-0.3, -0.25) is 0 Å². The minimum absolute atomic E-state index is 0. The van der Waals surface area contributed by atoms with Crippen LogP contribution in [0.3, 0.4) is 0 Å². The Morgan fingerprint density at radius 1 is 1.86 bits per heavy atom. The van der Waals surface area contributed by atoms with Crippen molar-refractivity contribution in [3.05, 3.63) is 0 Å². The molecule has 0 spiro atoms. The van der Waals surface area contributed by atoms with Crippen molar-refractivity contribution in [2.45, 2.75) is 6.92 Å². The Hall–Kier alpha value is 0.214. The standard InChI is InChI=1S/C2H5O3Si.Li/c1-2-5-6(3)4;/h2H2,1H3;/q-1;+1. The summed E-state index contributed by atoms with van der Waals surface area (Å²) in [6, 6.07) is 0. The van der Waals surface area contributed by atoms with Gasteiger partial charge in [-0.15, -0.1) is 0 Å². The Bertz CT molecular complexity index is 56.9. The van der Waals surface area contributed by atoms with Crippen LogP contribution in [0.15, 0.2) is 0 Å². The summed E-state index contributed by atoms with van der Waals surface area (Å²) in [6.07, 6.45) is 0. The first-order valence-corrected chi connectivity index (χ1v) is 2.83. The quantitative estimate of drug-likeness (QED) is 0.340. The van der Waals surface area contributed by atoms with Crippen LogP contribution in [0.5, 0.6) is 0 Å². The fraction of sp³-hybridized carbons (Fsp3) is 1.00. The molecule has 36 valence electrons. The fourth-order valence-electron chi connectivity index (χ4n) is 0.118. The first-order chi connectivity index (χ1) is 2.77. The molecule has 0 saturated carbocycles. The molecule has 0 N–H and O–H groups in total. The summed E-state index contributed by atoms with van der Waals surface area (Å²) < 4.78 is 13.5. The first-order valence-electron chi connectivity index (χ1n) is 1.61. The Labute approximate surface area is 55.8 Å². The van der Waals surface area contributed by atoms with E-state index in [2.05, 4.69) is 4.43 Å². The van der Waals surface area contributed by atoms with Crippen molar-refractivity contribution in [1.29, 1.82) is 0 Å². The van der Waals surface area contributed by atoms with Gasteiger partial charge in [0.25, 0.3) is 0 Å². The van der Waals surface area contributed by atoms with E-state index in [1.807, 2.05) is 0 Å². The van der Waals surface area contributed by atoms with Gasteiger partial charge in [0.15, 0.2) is 0 Å². The van der Waals surface area contributed by atoms with Crippen LogP contribution >= 0.6 is 0 Å². The van der Waals surface area contributed by atoms with Gasteiger partial charge >= 0.3 is 28.0 Å². The monoisotopic (exact) mass is 112 g/mol. The molecule has 0 aliphatic heterocycles. The van der Waals surface area contributed by atoms with Crippen LogP contribution in [-0.4, -0.2) is 15.8 Å². The molecular formula is C2H5LiO3Si. The van der Waals surface area contributed by atoms with Crippen molar-refractivity contribution in [2.75, 3.05) is 6.61 Å². The molecule has 0 aromatic heterocycles. The number of rotatable bonds is 2. The molecule has 0 aliphatic carbocycles. The predicted molar refractivity (Wildman–Crippen MR) is 18.1 cm³/mol. The smallest absolute Gasteiger partial charge is 0.588 e. The molecule has 5 heteroatoms. The van der Waals surface area contributed by atoms with Crippen molar-refractivity contribution < 1.29 is 32.5 Å². The van der Waals surface area contributed by atoms with E-state index < -0.39 is 9.17 Å². The molecule has 0 amide bonds. The third kappa shape index (κ3) is 10.7. The molecule has 0 aromatic carbocycles. The van der Waals surface area contributed by atoms with Crippen LogP contribution in [0, 0.1) is 0 Å². The van der Waals surface area contributed by atoms with Crippen LogP contribution in [0.25, 0.3) is 0 Å². The van der Waals surface area contributed by atoms with Gasteiger partial charge in [0.05, 0.1) is 0 Å². The van der Waals surface area contributed by atoms with Gasteiger partial charge in [-0.05, 0) is 6.92 Å². The van der Waals surface area contributed by atoms with Crippen molar-refractivity contribution in [3.63, 3.8) is 0 Å². The second-order valence-electron chi connectivity index (χ2n) is 0.683. The van der Waals surface area contributed by atoms with Crippen LogP contribution in [0.4, 0.5) is 0 Å². The molecule has 0 heterocycles. The van der Waals surface area contributed by atoms with Gasteiger partial charge in [-0.2, -0.15) is 0 Å². The summed E-state index contributed by atoms with van der Waals surface area (Å²) in [5.41, 5.74) is 0. The summed E-state index contributed by atoms with van der Waals surface area (Å²) >= 11 is 0. The van der Waals surface area contributed by atoms with Gasteiger partial charge in [-0.25, -0.2) is 0 Å².